The molecular formula is C20H24N4O3. The number of ether oxygens (including phenoxy) is 1. The second-order valence-corrected chi connectivity index (χ2v) is 6.50. The van der Waals surface area contributed by atoms with Crippen LogP contribution < -0.4 is 15.4 Å². The van der Waals surface area contributed by atoms with Gasteiger partial charge in [-0.05, 0) is 37.1 Å². The van der Waals surface area contributed by atoms with E-state index in [1.165, 1.54) is 0 Å². The molecule has 2 aromatic rings. The Bertz CT molecular complexity index is 782. The van der Waals surface area contributed by atoms with E-state index in [0.29, 0.717) is 25.4 Å². The average molecular weight is 368 g/mol. The van der Waals surface area contributed by atoms with Gasteiger partial charge in [-0.25, -0.2) is 4.79 Å². The van der Waals surface area contributed by atoms with Gasteiger partial charge in [-0.3, -0.25) is 9.78 Å². The number of likely N-dealkylation sites (tertiary alicyclic amines) is 1. The summed E-state index contributed by atoms with van der Waals surface area (Å²) in [6.45, 7) is 3.45. The van der Waals surface area contributed by atoms with Crippen molar-refractivity contribution >= 4 is 11.9 Å². The summed E-state index contributed by atoms with van der Waals surface area (Å²) in [5, 5.41) is 5.76. The third-order valence-electron chi connectivity index (χ3n) is 4.54. The lowest BCUT2D eigenvalue weighted by Gasteiger charge is -2.18. The zero-order chi connectivity index (χ0) is 19.1. The molecule has 1 aromatic heterocycles. The maximum Gasteiger partial charge on any atom is 0.315 e. The molecule has 7 heteroatoms. The molecule has 1 aromatic carbocycles. The highest BCUT2D eigenvalue weighted by Gasteiger charge is 2.27. The zero-order valence-electron chi connectivity index (χ0n) is 15.4. The van der Waals surface area contributed by atoms with Gasteiger partial charge in [0.15, 0.2) is 6.61 Å². The summed E-state index contributed by atoms with van der Waals surface area (Å²) < 4.78 is 5.50. The van der Waals surface area contributed by atoms with Gasteiger partial charge >= 0.3 is 6.03 Å². The standard InChI is InChI=1S/C20H24N4O3/c1-15-16(6-5-10-21-15)12-22-20(26)23-17-9-11-24(13-17)19(25)14-27-18-7-3-2-4-8-18/h2-8,10,17H,9,11-14H2,1H3,(H2,22,23,26). The second kappa shape index (κ2) is 9.02. The fourth-order valence-corrected chi connectivity index (χ4v) is 2.97. The number of benzene rings is 1. The molecule has 1 aliphatic heterocycles. The topological polar surface area (TPSA) is 83.6 Å². The Labute approximate surface area is 158 Å². The summed E-state index contributed by atoms with van der Waals surface area (Å²) >= 11 is 0. The lowest BCUT2D eigenvalue weighted by atomic mass is 10.2. The van der Waals surface area contributed by atoms with Crippen molar-refractivity contribution in [3.05, 3.63) is 59.9 Å². The maximum atomic E-state index is 12.3. The number of rotatable bonds is 6. The van der Waals surface area contributed by atoms with E-state index in [1.807, 2.05) is 49.4 Å². The summed E-state index contributed by atoms with van der Waals surface area (Å²) in [6, 6.07) is 12.7. The molecule has 0 radical (unpaired) electrons. The van der Waals surface area contributed by atoms with Gasteiger partial charge in [0.1, 0.15) is 5.75 Å². The SMILES string of the molecule is Cc1ncccc1CNC(=O)NC1CCN(C(=O)COc2ccccc2)C1. The van der Waals surface area contributed by atoms with Crippen LogP contribution in [0.1, 0.15) is 17.7 Å². The lowest BCUT2D eigenvalue weighted by molar-refractivity contribution is -0.132. The minimum Gasteiger partial charge on any atom is -0.484 e. The van der Waals surface area contributed by atoms with Gasteiger partial charge in [-0.2, -0.15) is 0 Å². The summed E-state index contributed by atoms with van der Waals surface area (Å²) in [7, 11) is 0. The first-order valence-corrected chi connectivity index (χ1v) is 9.02. The van der Waals surface area contributed by atoms with Crippen LogP contribution in [0.2, 0.25) is 0 Å². The van der Waals surface area contributed by atoms with Crippen molar-refractivity contribution < 1.29 is 14.3 Å². The van der Waals surface area contributed by atoms with Crippen LogP contribution in [0.25, 0.3) is 0 Å². The van der Waals surface area contributed by atoms with Crippen molar-refractivity contribution in [2.24, 2.45) is 0 Å². The Morgan fingerprint density at radius 3 is 2.81 bits per heavy atom. The molecular weight excluding hydrogens is 344 g/mol. The zero-order valence-corrected chi connectivity index (χ0v) is 15.4. The molecule has 27 heavy (non-hydrogen) atoms. The summed E-state index contributed by atoms with van der Waals surface area (Å²) in [5.74, 6) is 0.597. The Balaban J connectivity index is 1.39. The van der Waals surface area contributed by atoms with Gasteiger partial charge in [-0.15, -0.1) is 0 Å². The van der Waals surface area contributed by atoms with E-state index in [9.17, 15) is 9.59 Å². The number of carbonyl (C=O) groups excluding carboxylic acids is 2. The minimum absolute atomic E-state index is 0.00319. The van der Waals surface area contributed by atoms with Crippen molar-refractivity contribution in [2.75, 3.05) is 19.7 Å². The minimum atomic E-state index is -0.238. The summed E-state index contributed by atoms with van der Waals surface area (Å²) in [4.78, 5) is 30.3. The largest absolute Gasteiger partial charge is 0.484 e. The number of nitrogens with one attached hydrogen (secondary N) is 2. The molecule has 1 unspecified atom stereocenters. The van der Waals surface area contributed by atoms with E-state index in [4.69, 9.17) is 4.74 Å². The number of urea groups is 1. The Morgan fingerprint density at radius 1 is 1.22 bits per heavy atom. The van der Waals surface area contributed by atoms with E-state index in [1.54, 1.807) is 11.1 Å². The molecule has 1 saturated heterocycles. The molecule has 1 fully saturated rings. The first-order chi connectivity index (χ1) is 13.1. The average Bonchev–Trinajstić information content (AvgIpc) is 3.15. The highest BCUT2D eigenvalue weighted by Crippen LogP contribution is 2.12. The van der Waals surface area contributed by atoms with Crippen LogP contribution >= 0.6 is 0 Å². The first-order valence-electron chi connectivity index (χ1n) is 9.02. The van der Waals surface area contributed by atoms with Crippen molar-refractivity contribution in [3.63, 3.8) is 0 Å². The van der Waals surface area contributed by atoms with Gasteiger partial charge < -0.3 is 20.3 Å². The van der Waals surface area contributed by atoms with Gasteiger partial charge in [-0.1, -0.05) is 24.3 Å². The molecule has 0 spiro atoms. The lowest BCUT2D eigenvalue weighted by Crippen LogP contribution is -2.44. The molecule has 2 N–H and O–H groups in total. The number of aromatic nitrogens is 1. The number of amides is 3. The maximum absolute atomic E-state index is 12.3. The first kappa shape index (κ1) is 18.7. The third-order valence-corrected chi connectivity index (χ3v) is 4.54. The van der Waals surface area contributed by atoms with Crippen molar-refractivity contribution in [1.29, 1.82) is 0 Å². The van der Waals surface area contributed by atoms with Gasteiger partial charge in [0, 0.05) is 37.6 Å². The smallest absolute Gasteiger partial charge is 0.315 e. The van der Waals surface area contributed by atoms with E-state index < -0.39 is 0 Å². The molecule has 7 nitrogen and oxygen atoms in total. The molecule has 0 bridgehead atoms. The van der Waals surface area contributed by atoms with Crippen LogP contribution in [-0.4, -0.2) is 47.6 Å². The fraction of sp³-hybridized carbons (Fsp3) is 0.350. The van der Waals surface area contributed by atoms with Gasteiger partial charge in [0.05, 0.1) is 0 Å². The fourth-order valence-electron chi connectivity index (χ4n) is 2.97. The molecule has 1 aliphatic rings. The van der Waals surface area contributed by atoms with E-state index in [0.717, 1.165) is 17.7 Å². The van der Waals surface area contributed by atoms with Crippen LogP contribution in [0.3, 0.4) is 0 Å². The second-order valence-electron chi connectivity index (χ2n) is 6.50. The molecule has 1 atom stereocenters. The monoisotopic (exact) mass is 368 g/mol. The number of aryl methyl sites for hydroxylation is 1. The van der Waals surface area contributed by atoms with Crippen LogP contribution in [-0.2, 0) is 11.3 Å². The predicted octanol–water partition coefficient (Wildman–Crippen LogP) is 1.87. The Hall–Kier alpha value is -3.09. The van der Waals surface area contributed by atoms with E-state index >= 15 is 0 Å². The van der Waals surface area contributed by atoms with Crippen LogP contribution in [0.4, 0.5) is 4.79 Å². The number of para-hydroxylation sites is 1. The van der Waals surface area contributed by atoms with Crippen molar-refractivity contribution in [3.8, 4) is 5.75 Å². The molecule has 0 saturated carbocycles. The van der Waals surface area contributed by atoms with Crippen molar-refractivity contribution in [1.82, 2.24) is 20.5 Å². The summed E-state index contributed by atoms with van der Waals surface area (Å²) in [6.07, 6.45) is 2.46. The molecule has 3 rings (SSSR count). The number of carbonyl (C=O) groups is 2. The molecule has 0 aliphatic carbocycles. The Kier molecular flexibility index (Phi) is 6.25. The predicted molar refractivity (Wildman–Crippen MR) is 101 cm³/mol. The van der Waals surface area contributed by atoms with Gasteiger partial charge in [0.2, 0.25) is 0 Å². The van der Waals surface area contributed by atoms with E-state index in [-0.39, 0.29) is 24.6 Å². The molecule has 2 heterocycles. The van der Waals surface area contributed by atoms with Crippen LogP contribution in [0, 0.1) is 6.92 Å². The van der Waals surface area contributed by atoms with Crippen LogP contribution in [0.15, 0.2) is 48.7 Å². The van der Waals surface area contributed by atoms with Gasteiger partial charge in [0.25, 0.3) is 5.91 Å². The van der Waals surface area contributed by atoms with Crippen LogP contribution in [0.5, 0.6) is 5.75 Å². The third kappa shape index (κ3) is 5.44. The quantitative estimate of drug-likeness (QED) is 0.815. The number of hydrogen-bond acceptors (Lipinski definition) is 4. The molecule has 3 amide bonds. The summed E-state index contributed by atoms with van der Waals surface area (Å²) in [5.41, 5.74) is 1.88. The normalized spacial score (nSPS) is 16.0. The Morgan fingerprint density at radius 2 is 2.04 bits per heavy atom. The number of hydrogen-bond donors (Lipinski definition) is 2. The number of nitrogens with zero attached hydrogens (tertiary/aromatic N) is 2. The van der Waals surface area contributed by atoms with Crippen molar-refractivity contribution in [2.45, 2.75) is 25.9 Å². The van der Waals surface area contributed by atoms with E-state index in [2.05, 4.69) is 15.6 Å². The highest BCUT2D eigenvalue weighted by atomic mass is 16.5. The molecule has 142 valence electrons. The number of pyridine rings is 1. The highest BCUT2D eigenvalue weighted by molar-refractivity contribution is 5.78.